The number of nitrogens with one attached hydrogen (secondary N) is 4. The maximum Gasteiger partial charge on any atom is 0.268 e. The minimum Gasteiger partial charge on any atom is -0.496 e. The second kappa shape index (κ2) is 10.2. The van der Waals surface area contributed by atoms with E-state index in [0.29, 0.717) is 30.8 Å². The number of nitriles is 1. The molecular weight excluding hydrogens is 410 g/mol. The van der Waals surface area contributed by atoms with Crippen LogP contribution in [0.25, 0.3) is 10.9 Å². The van der Waals surface area contributed by atoms with Gasteiger partial charge in [-0.3, -0.25) is 14.4 Å². The molecule has 32 heavy (non-hydrogen) atoms. The molecular formula is C23H29N5O4. The van der Waals surface area contributed by atoms with E-state index >= 15 is 0 Å². The van der Waals surface area contributed by atoms with Crippen molar-refractivity contribution in [2.75, 3.05) is 13.7 Å². The first-order valence-electron chi connectivity index (χ1n) is 10.8. The molecule has 3 amide bonds. The molecule has 9 nitrogen and oxygen atoms in total. The Morgan fingerprint density at radius 2 is 2.09 bits per heavy atom. The van der Waals surface area contributed by atoms with Gasteiger partial charge in [0, 0.05) is 23.4 Å². The summed E-state index contributed by atoms with van der Waals surface area (Å²) in [6, 6.07) is 7.59. The van der Waals surface area contributed by atoms with Gasteiger partial charge in [0.2, 0.25) is 11.8 Å². The summed E-state index contributed by atoms with van der Waals surface area (Å²) in [7, 11) is 1.56. The highest BCUT2D eigenvalue weighted by molar-refractivity contribution is 6.01. The predicted octanol–water partition coefficient (Wildman–Crippen LogP) is 1.86. The number of nitrogens with zero attached hydrogens (tertiary/aromatic N) is 1. The Morgan fingerprint density at radius 1 is 1.31 bits per heavy atom. The number of carbonyl (C=O) groups excluding carboxylic acids is 3. The lowest BCUT2D eigenvalue weighted by atomic mass is 9.98. The first kappa shape index (κ1) is 23.1. The van der Waals surface area contributed by atoms with E-state index in [4.69, 9.17) is 4.74 Å². The summed E-state index contributed by atoms with van der Waals surface area (Å²) in [5.41, 5.74) is 1.06. The minimum atomic E-state index is -0.816. The van der Waals surface area contributed by atoms with E-state index in [0.717, 1.165) is 10.9 Å². The number of hydrogen-bond acceptors (Lipinski definition) is 5. The van der Waals surface area contributed by atoms with Gasteiger partial charge in [-0.05, 0) is 43.4 Å². The zero-order valence-corrected chi connectivity index (χ0v) is 18.5. The molecule has 0 spiro atoms. The Balaban J connectivity index is 1.71. The molecule has 3 unspecified atom stereocenters. The number of rotatable bonds is 9. The normalized spacial score (nSPS) is 17.5. The first-order chi connectivity index (χ1) is 15.3. The molecule has 4 N–H and O–H groups in total. The molecule has 1 fully saturated rings. The maximum atomic E-state index is 12.9. The van der Waals surface area contributed by atoms with E-state index in [2.05, 4.69) is 27.0 Å². The van der Waals surface area contributed by atoms with Crippen molar-refractivity contribution in [1.82, 2.24) is 20.9 Å². The van der Waals surface area contributed by atoms with Gasteiger partial charge in [0.15, 0.2) is 0 Å². The number of H-pyrrole nitrogens is 1. The highest BCUT2D eigenvalue weighted by Gasteiger charge is 2.30. The van der Waals surface area contributed by atoms with E-state index in [1.807, 2.05) is 26.0 Å². The topological polar surface area (TPSA) is 136 Å². The van der Waals surface area contributed by atoms with Crippen molar-refractivity contribution < 1.29 is 19.1 Å². The molecule has 3 rings (SSSR count). The summed E-state index contributed by atoms with van der Waals surface area (Å²) >= 11 is 0. The fraction of sp³-hybridized carbons (Fsp3) is 0.478. The van der Waals surface area contributed by atoms with Crippen molar-refractivity contribution in [3.8, 4) is 11.8 Å². The van der Waals surface area contributed by atoms with Crippen LogP contribution < -0.4 is 20.7 Å². The molecule has 0 aliphatic carbocycles. The number of aromatic amines is 1. The van der Waals surface area contributed by atoms with Crippen molar-refractivity contribution in [2.45, 2.75) is 45.2 Å². The van der Waals surface area contributed by atoms with Gasteiger partial charge < -0.3 is 25.7 Å². The highest BCUT2D eigenvalue weighted by atomic mass is 16.5. The van der Waals surface area contributed by atoms with Crippen molar-refractivity contribution in [1.29, 1.82) is 5.26 Å². The molecule has 0 radical (unpaired) electrons. The number of fused-ring (bicyclic) bond motifs is 1. The third-order valence-electron chi connectivity index (χ3n) is 5.57. The largest absolute Gasteiger partial charge is 0.496 e. The fourth-order valence-electron chi connectivity index (χ4n) is 3.94. The average Bonchev–Trinajstić information content (AvgIpc) is 3.38. The number of hydrogen-bond donors (Lipinski definition) is 4. The minimum absolute atomic E-state index is 0.0965. The third kappa shape index (κ3) is 5.38. The molecule has 3 atom stereocenters. The van der Waals surface area contributed by atoms with Crippen LogP contribution in [-0.2, 0) is 9.59 Å². The number of benzene rings is 1. The maximum absolute atomic E-state index is 12.9. The number of methoxy groups -OCH3 is 1. The summed E-state index contributed by atoms with van der Waals surface area (Å²) < 4.78 is 5.34. The lowest BCUT2D eigenvalue weighted by Crippen LogP contribution is -2.50. The van der Waals surface area contributed by atoms with E-state index in [-0.39, 0.29) is 24.2 Å². The van der Waals surface area contributed by atoms with E-state index < -0.39 is 23.9 Å². The van der Waals surface area contributed by atoms with Crippen molar-refractivity contribution in [3.63, 3.8) is 0 Å². The Hall–Kier alpha value is -3.54. The highest BCUT2D eigenvalue weighted by Crippen LogP contribution is 2.26. The quantitative estimate of drug-likeness (QED) is 0.473. The predicted molar refractivity (Wildman–Crippen MR) is 119 cm³/mol. The molecule has 1 saturated heterocycles. The molecule has 2 aromatic rings. The second-order valence-electron chi connectivity index (χ2n) is 8.46. The molecule has 2 heterocycles. The van der Waals surface area contributed by atoms with E-state index in [1.165, 1.54) is 0 Å². The Kier molecular flexibility index (Phi) is 7.36. The zero-order chi connectivity index (χ0) is 23.3. The number of carbonyl (C=O) groups is 3. The summed E-state index contributed by atoms with van der Waals surface area (Å²) in [4.78, 5) is 40.7. The number of aromatic nitrogens is 1. The summed E-state index contributed by atoms with van der Waals surface area (Å²) in [6.07, 6.45) is 1.30. The summed E-state index contributed by atoms with van der Waals surface area (Å²) in [6.45, 7) is 4.48. The standard InChI is InChI=1S/C23H29N5O4/c1-13(2)9-18(22(30)26-15(12-24)10-14-7-8-25-21(14)29)28-23(31)19-11-16-17(27-19)5-4-6-20(16)32-3/h4-6,11,13-15,18,27H,7-10H2,1-3H3,(H,25,29)(H,26,30)(H,28,31). The molecule has 170 valence electrons. The van der Waals surface area contributed by atoms with Crippen molar-refractivity contribution >= 4 is 28.6 Å². The monoisotopic (exact) mass is 439 g/mol. The Bertz CT molecular complexity index is 1040. The SMILES string of the molecule is COc1cccc2[nH]c(C(=O)NC(CC(C)C)C(=O)NC(C#N)CC3CCNC3=O)cc12. The van der Waals surface area contributed by atoms with Crippen LogP contribution in [0.1, 0.15) is 43.6 Å². The van der Waals surface area contributed by atoms with Crippen LogP contribution >= 0.6 is 0 Å². The molecule has 1 aliphatic heterocycles. The van der Waals surface area contributed by atoms with E-state index in [1.54, 1.807) is 19.2 Å². The van der Waals surface area contributed by atoms with Crippen LogP contribution in [0, 0.1) is 23.2 Å². The van der Waals surface area contributed by atoms with Gasteiger partial charge in [0.25, 0.3) is 5.91 Å². The average molecular weight is 440 g/mol. The third-order valence-corrected chi connectivity index (χ3v) is 5.57. The van der Waals surface area contributed by atoms with Gasteiger partial charge in [0.1, 0.15) is 23.5 Å². The van der Waals surface area contributed by atoms with Gasteiger partial charge in [-0.15, -0.1) is 0 Å². The van der Waals surface area contributed by atoms with Gasteiger partial charge in [-0.25, -0.2) is 0 Å². The number of amides is 3. The first-order valence-corrected chi connectivity index (χ1v) is 10.8. The second-order valence-corrected chi connectivity index (χ2v) is 8.46. The van der Waals surface area contributed by atoms with Crippen LogP contribution in [0.3, 0.4) is 0 Å². The van der Waals surface area contributed by atoms with Crippen molar-refractivity contribution in [2.24, 2.45) is 11.8 Å². The van der Waals surface area contributed by atoms with Crippen LogP contribution in [0.5, 0.6) is 5.75 Å². The summed E-state index contributed by atoms with van der Waals surface area (Å²) in [5.74, 6) is -0.476. The fourth-order valence-corrected chi connectivity index (χ4v) is 3.94. The van der Waals surface area contributed by atoms with Gasteiger partial charge in [-0.1, -0.05) is 19.9 Å². The van der Waals surface area contributed by atoms with Crippen LogP contribution in [0.2, 0.25) is 0 Å². The molecule has 9 heteroatoms. The Morgan fingerprint density at radius 3 is 2.72 bits per heavy atom. The summed E-state index contributed by atoms with van der Waals surface area (Å²) in [5, 5.41) is 18.5. The van der Waals surface area contributed by atoms with Gasteiger partial charge >= 0.3 is 0 Å². The Labute approximate surface area is 186 Å². The van der Waals surface area contributed by atoms with Crippen LogP contribution in [0.4, 0.5) is 0 Å². The lowest BCUT2D eigenvalue weighted by molar-refractivity contribution is -0.125. The molecule has 0 bridgehead atoms. The van der Waals surface area contributed by atoms with E-state index in [9.17, 15) is 19.6 Å². The van der Waals surface area contributed by atoms with Gasteiger partial charge in [-0.2, -0.15) is 5.26 Å². The molecule has 0 saturated carbocycles. The van der Waals surface area contributed by atoms with Crippen molar-refractivity contribution in [3.05, 3.63) is 30.0 Å². The molecule has 1 aromatic carbocycles. The number of ether oxygens (including phenoxy) is 1. The molecule has 1 aliphatic rings. The van der Waals surface area contributed by atoms with Gasteiger partial charge in [0.05, 0.1) is 13.2 Å². The molecule has 1 aromatic heterocycles. The van der Waals surface area contributed by atoms with Crippen LogP contribution in [-0.4, -0.2) is 48.4 Å². The lowest BCUT2D eigenvalue weighted by Gasteiger charge is -2.22. The smallest absolute Gasteiger partial charge is 0.268 e. The van der Waals surface area contributed by atoms with Crippen LogP contribution in [0.15, 0.2) is 24.3 Å². The zero-order valence-electron chi connectivity index (χ0n) is 18.5.